The lowest BCUT2D eigenvalue weighted by atomic mass is 10.2. The van der Waals surface area contributed by atoms with Crippen LogP contribution in [0.5, 0.6) is 5.75 Å². The molecule has 1 fully saturated rings. The summed E-state index contributed by atoms with van der Waals surface area (Å²) < 4.78 is 38.5. The molecule has 1 saturated carbocycles. The van der Waals surface area contributed by atoms with Crippen molar-refractivity contribution in [2.45, 2.75) is 30.7 Å². The number of esters is 1. The molecule has 11 heteroatoms. The van der Waals surface area contributed by atoms with Gasteiger partial charge in [-0.2, -0.15) is 0 Å². The predicted molar refractivity (Wildman–Crippen MR) is 124 cm³/mol. The number of nitrogens with one attached hydrogen (secondary N) is 2. The molecule has 0 bridgehead atoms. The number of carbonyl (C=O) groups is 3. The topological polar surface area (TPSA) is 131 Å². The Balaban J connectivity index is 1.66. The van der Waals surface area contributed by atoms with E-state index in [1.54, 1.807) is 24.3 Å². The monoisotopic (exact) mass is 489 g/mol. The zero-order valence-electron chi connectivity index (χ0n) is 19.2. The van der Waals surface area contributed by atoms with Gasteiger partial charge in [0.15, 0.2) is 6.61 Å². The van der Waals surface area contributed by atoms with E-state index in [0.29, 0.717) is 5.69 Å². The van der Waals surface area contributed by atoms with Crippen LogP contribution < -0.4 is 14.8 Å². The van der Waals surface area contributed by atoms with Crippen molar-refractivity contribution in [2.24, 2.45) is 0 Å². The van der Waals surface area contributed by atoms with E-state index in [2.05, 4.69) is 10.0 Å². The van der Waals surface area contributed by atoms with Crippen LogP contribution in [0.1, 0.15) is 28.8 Å². The number of amides is 2. The van der Waals surface area contributed by atoms with Crippen molar-refractivity contribution in [3.63, 3.8) is 0 Å². The fraction of sp³-hybridized carbons (Fsp3) is 0.348. The zero-order valence-corrected chi connectivity index (χ0v) is 20.0. The number of ether oxygens (including phenoxy) is 2. The Hall–Kier alpha value is -3.60. The second kappa shape index (κ2) is 10.6. The average Bonchev–Trinajstić information content (AvgIpc) is 3.61. The minimum atomic E-state index is -4.09. The molecular formula is C23H27N3O7S. The average molecular weight is 490 g/mol. The third-order valence-electron chi connectivity index (χ3n) is 5.07. The molecule has 2 aromatic carbocycles. The van der Waals surface area contributed by atoms with E-state index in [-0.39, 0.29) is 34.7 Å². The lowest BCUT2D eigenvalue weighted by Crippen LogP contribution is -2.40. The van der Waals surface area contributed by atoms with Crippen LogP contribution in [0.3, 0.4) is 0 Å². The van der Waals surface area contributed by atoms with Crippen molar-refractivity contribution in [3.8, 4) is 5.75 Å². The SMILES string of the molecule is COc1ccc(C(=O)OCC(=O)N(C)CC(=O)NC2CC2)cc1S(=O)(=O)Nc1ccc(C)cc1. The number of likely N-dealkylation sites (N-methyl/N-ethyl adjacent to an activating group) is 1. The second-order valence-electron chi connectivity index (χ2n) is 8.00. The van der Waals surface area contributed by atoms with E-state index >= 15 is 0 Å². The lowest BCUT2D eigenvalue weighted by Gasteiger charge is -2.17. The lowest BCUT2D eigenvalue weighted by molar-refractivity contribution is -0.137. The molecule has 0 aromatic heterocycles. The van der Waals surface area contributed by atoms with Crippen molar-refractivity contribution in [3.05, 3.63) is 53.6 Å². The smallest absolute Gasteiger partial charge is 0.338 e. The van der Waals surface area contributed by atoms with Crippen molar-refractivity contribution < 1.29 is 32.3 Å². The van der Waals surface area contributed by atoms with E-state index < -0.39 is 28.5 Å². The van der Waals surface area contributed by atoms with E-state index in [1.165, 1.54) is 26.3 Å². The molecule has 0 unspecified atom stereocenters. The molecule has 2 amide bonds. The van der Waals surface area contributed by atoms with Crippen molar-refractivity contribution in [2.75, 3.05) is 32.0 Å². The number of anilines is 1. The van der Waals surface area contributed by atoms with Gasteiger partial charge in [0.2, 0.25) is 5.91 Å². The minimum Gasteiger partial charge on any atom is -0.495 e. The molecular weight excluding hydrogens is 462 g/mol. The van der Waals surface area contributed by atoms with Crippen molar-refractivity contribution in [1.29, 1.82) is 0 Å². The molecule has 0 saturated heterocycles. The first-order valence-electron chi connectivity index (χ1n) is 10.6. The van der Waals surface area contributed by atoms with Crippen LogP contribution in [0.4, 0.5) is 5.69 Å². The molecule has 0 atom stereocenters. The van der Waals surface area contributed by atoms with Crippen molar-refractivity contribution in [1.82, 2.24) is 10.2 Å². The largest absolute Gasteiger partial charge is 0.495 e. The van der Waals surface area contributed by atoms with Crippen LogP contribution in [0, 0.1) is 6.92 Å². The first-order chi connectivity index (χ1) is 16.1. The normalized spacial score (nSPS) is 13.0. The zero-order chi connectivity index (χ0) is 24.9. The maximum atomic E-state index is 12.9. The highest BCUT2D eigenvalue weighted by molar-refractivity contribution is 7.92. The quantitative estimate of drug-likeness (QED) is 0.486. The van der Waals surface area contributed by atoms with Crippen LogP contribution in [0.25, 0.3) is 0 Å². The summed E-state index contributed by atoms with van der Waals surface area (Å²) in [6, 6.07) is 10.7. The van der Waals surface area contributed by atoms with Gasteiger partial charge in [0.25, 0.3) is 15.9 Å². The number of nitrogens with zero attached hydrogens (tertiary/aromatic N) is 1. The van der Waals surface area contributed by atoms with Crippen LogP contribution in [0.15, 0.2) is 47.4 Å². The van der Waals surface area contributed by atoms with E-state index in [4.69, 9.17) is 9.47 Å². The minimum absolute atomic E-state index is 0.0358. The van der Waals surface area contributed by atoms with Gasteiger partial charge >= 0.3 is 5.97 Å². The number of hydrogen-bond acceptors (Lipinski definition) is 7. The van der Waals surface area contributed by atoms with Gasteiger partial charge < -0.3 is 19.7 Å². The third kappa shape index (κ3) is 6.70. The Morgan fingerprint density at radius 2 is 1.76 bits per heavy atom. The van der Waals surface area contributed by atoms with Crippen LogP contribution in [-0.4, -0.2) is 64.5 Å². The molecule has 0 heterocycles. The molecule has 34 heavy (non-hydrogen) atoms. The first kappa shape index (κ1) is 25.0. The number of aryl methyl sites for hydroxylation is 1. The van der Waals surface area contributed by atoms with Gasteiger partial charge in [-0.25, -0.2) is 13.2 Å². The van der Waals surface area contributed by atoms with E-state index in [1.807, 2.05) is 6.92 Å². The molecule has 3 rings (SSSR count). The Morgan fingerprint density at radius 1 is 1.09 bits per heavy atom. The van der Waals surface area contributed by atoms with Gasteiger partial charge in [0, 0.05) is 18.8 Å². The fourth-order valence-corrected chi connectivity index (χ4v) is 4.23. The maximum absolute atomic E-state index is 12.9. The Labute approximate surface area is 198 Å². The molecule has 1 aliphatic carbocycles. The summed E-state index contributed by atoms with van der Waals surface area (Å²) in [6.45, 7) is 1.13. The Morgan fingerprint density at radius 3 is 2.38 bits per heavy atom. The fourth-order valence-electron chi connectivity index (χ4n) is 2.97. The van der Waals surface area contributed by atoms with E-state index in [0.717, 1.165) is 29.4 Å². The number of benzene rings is 2. The van der Waals surface area contributed by atoms with Crippen LogP contribution in [0.2, 0.25) is 0 Å². The molecule has 0 radical (unpaired) electrons. The van der Waals surface area contributed by atoms with Gasteiger partial charge in [0.1, 0.15) is 10.6 Å². The molecule has 2 N–H and O–H groups in total. The van der Waals surface area contributed by atoms with Crippen LogP contribution in [-0.2, 0) is 24.3 Å². The number of carbonyl (C=O) groups excluding carboxylic acids is 3. The number of rotatable bonds is 10. The third-order valence-corrected chi connectivity index (χ3v) is 6.47. The summed E-state index contributed by atoms with van der Waals surface area (Å²) in [4.78, 5) is 37.4. The van der Waals surface area contributed by atoms with E-state index in [9.17, 15) is 22.8 Å². The summed E-state index contributed by atoms with van der Waals surface area (Å²) >= 11 is 0. The van der Waals surface area contributed by atoms with Gasteiger partial charge in [-0.05, 0) is 50.1 Å². The molecule has 2 aromatic rings. The first-order valence-corrected chi connectivity index (χ1v) is 12.1. The highest BCUT2D eigenvalue weighted by Crippen LogP contribution is 2.27. The van der Waals surface area contributed by atoms with Gasteiger partial charge in [0.05, 0.1) is 19.2 Å². The number of hydrogen-bond donors (Lipinski definition) is 2. The summed E-state index contributed by atoms with van der Waals surface area (Å²) in [7, 11) is -1.35. The summed E-state index contributed by atoms with van der Waals surface area (Å²) in [5.74, 6) is -1.70. The van der Waals surface area contributed by atoms with Crippen LogP contribution >= 0.6 is 0 Å². The summed E-state index contributed by atoms with van der Waals surface area (Å²) in [6.07, 6.45) is 1.86. The molecule has 0 spiro atoms. The molecule has 1 aliphatic rings. The maximum Gasteiger partial charge on any atom is 0.338 e. The number of methoxy groups -OCH3 is 1. The summed E-state index contributed by atoms with van der Waals surface area (Å²) in [5.41, 5.74) is 1.24. The molecule has 10 nitrogen and oxygen atoms in total. The van der Waals surface area contributed by atoms with Gasteiger partial charge in [-0.3, -0.25) is 14.3 Å². The van der Waals surface area contributed by atoms with Gasteiger partial charge in [-0.15, -0.1) is 0 Å². The predicted octanol–water partition coefficient (Wildman–Crippen LogP) is 1.70. The van der Waals surface area contributed by atoms with Gasteiger partial charge in [-0.1, -0.05) is 17.7 Å². The molecule has 182 valence electrons. The highest BCUT2D eigenvalue weighted by atomic mass is 32.2. The highest BCUT2D eigenvalue weighted by Gasteiger charge is 2.25. The Kier molecular flexibility index (Phi) is 7.77. The standard InChI is InChI=1S/C23H27N3O7S/c1-15-4-7-18(8-5-15)25-34(30,31)20-12-16(6-11-19(20)32-3)23(29)33-14-22(28)26(2)13-21(27)24-17-9-10-17/h4-8,11-12,17,25H,9-10,13-14H2,1-3H3,(H,24,27). The van der Waals surface area contributed by atoms with Crippen molar-refractivity contribution >= 4 is 33.5 Å². The summed E-state index contributed by atoms with van der Waals surface area (Å²) in [5, 5.41) is 2.77. The number of sulfonamides is 1. The second-order valence-corrected chi connectivity index (χ2v) is 9.66. The molecule has 0 aliphatic heterocycles. The Bertz CT molecular complexity index is 1180.